The lowest BCUT2D eigenvalue weighted by Crippen LogP contribution is -2.01. The molecule has 0 bridgehead atoms. The number of ether oxygens (including phenoxy) is 1. The molecule has 1 rings (SSSR count). The molecule has 0 unspecified atom stereocenters. The van der Waals surface area contributed by atoms with Gasteiger partial charge in [0.15, 0.2) is 0 Å². The number of pyridine rings is 1. The summed E-state index contributed by atoms with van der Waals surface area (Å²) in [4.78, 5) is 12.9. The van der Waals surface area contributed by atoms with Crippen molar-refractivity contribution in [3.8, 4) is 5.75 Å². The van der Waals surface area contributed by atoms with Crippen LogP contribution < -0.4 is 4.74 Å². The third kappa shape index (κ3) is 2.12. The normalized spacial score (nSPS) is 10.5. The van der Waals surface area contributed by atoms with Crippen LogP contribution in [-0.4, -0.2) is 17.0 Å². The van der Waals surface area contributed by atoms with Gasteiger partial charge < -0.3 is 4.74 Å². The van der Waals surface area contributed by atoms with Gasteiger partial charge in [0, 0.05) is 6.20 Å². The molecule has 0 saturated carbocycles. The van der Waals surface area contributed by atoms with Gasteiger partial charge in [0.2, 0.25) is 10.9 Å². The van der Waals surface area contributed by atoms with E-state index in [9.17, 15) is 18.9 Å². The zero-order chi connectivity index (χ0) is 11.6. The standard InChI is InChI=1S/C7H5ClF2N2O3/c1-15-5-3(7(9)10)2-11-6(8)4(5)12(13)14/h2,7H,1H3. The summed E-state index contributed by atoms with van der Waals surface area (Å²) in [5, 5.41) is 10.0. The van der Waals surface area contributed by atoms with Crippen LogP contribution in [0.1, 0.15) is 12.0 Å². The Balaban J connectivity index is 3.47. The van der Waals surface area contributed by atoms with E-state index >= 15 is 0 Å². The zero-order valence-electron chi connectivity index (χ0n) is 7.41. The molecule has 15 heavy (non-hydrogen) atoms. The average molecular weight is 239 g/mol. The second kappa shape index (κ2) is 4.35. The molecule has 0 N–H and O–H groups in total. The number of rotatable bonds is 3. The van der Waals surface area contributed by atoms with Gasteiger partial charge >= 0.3 is 5.69 Å². The van der Waals surface area contributed by atoms with E-state index in [0.717, 1.165) is 13.3 Å². The highest BCUT2D eigenvalue weighted by Gasteiger charge is 2.28. The van der Waals surface area contributed by atoms with Crippen LogP contribution in [0.5, 0.6) is 5.75 Å². The maximum Gasteiger partial charge on any atom is 0.348 e. The molecular weight excluding hydrogens is 234 g/mol. The van der Waals surface area contributed by atoms with Crippen molar-refractivity contribution in [2.24, 2.45) is 0 Å². The van der Waals surface area contributed by atoms with Crippen LogP contribution in [0, 0.1) is 10.1 Å². The fourth-order valence-corrected chi connectivity index (χ4v) is 1.21. The molecule has 0 saturated heterocycles. The summed E-state index contributed by atoms with van der Waals surface area (Å²) in [6.45, 7) is 0. The van der Waals surface area contributed by atoms with Gasteiger partial charge in [-0.1, -0.05) is 11.6 Å². The summed E-state index contributed by atoms with van der Waals surface area (Å²) in [5.41, 5.74) is -1.41. The summed E-state index contributed by atoms with van der Waals surface area (Å²) < 4.78 is 29.3. The molecule has 82 valence electrons. The number of hydrogen-bond acceptors (Lipinski definition) is 4. The summed E-state index contributed by atoms with van der Waals surface area (Å²) in [7, 11) is 1.05. The lowest BCUT2D eigenvalue weighted by Gasteiger charge is -2.07. The van der Waals surface area contributed by atoms with E-state index in [4.69, 9.17) is 11.6 Å². The first-order valence-electron chi connectivity index (χ1n) is 3.64. The largest absolute Gasteiger partial charge is 0.490 e. The smallest absolute Gasteiger partial charge is 0.348 e. The zero-order valence-corrected chi connectivity index (χ0v) is 8.16. The summed E-state index contributed by atoms with van der Waals surface area (Å²) in [6.07, 6.45) is -2.16. The molecule has 0 aromatic carbocycles. The molecule has 0 radical (unpaired) electrons. The first-order chi connectivity index (χ1) is 6.99. The number of nitrogens with zero attached hydrogens (tertiary/aromatic N) is 2. The van der Waals surface area contributed by atoms with E-state index in [1.165, 1.54) is 0 Å². The topological polar surface area (TPSA) is 65.3 Å². The van der Waals surface area contributed by atoms with Crippen molar-refractivity contribution >= 4 is 17.3 Å². The molecule has 0 aliphatic heterocycles. The Kier molecular flexibility index (Phi) is 3.35. The average Bonchev–Trinajstić information content (AvgIpc) is 2.15. The molecule has 5 nitrogen and oxygen atoms in total. The van der Waals surface area contributed by atoms with Gasteiger partial charge in [0.25, 0.3) is 6.43 Å². The second-order valence-electron chi connectivity index (χ2n) is 2.44. The summed E-state index contributed by atoms with van der Waals surface area (Å²) in [6, 6.07) is 0. The molecule has 0 aliphatic rings. The number of aromatic nitrogens is 1. The van der Waals surface area contributed by atoms with Gasteiger partial charge in [-0.05, 0) is 0 Å². The number of hydrogen-bond donors (Lipinski definition) is 0. The summed E-state index contributed by atoms with van der Waals surface area (Å²) >= 11 is 5.40. The molecule has 1 aromatic rings. The molecular formula is C7H5ClF2N2O3. The van der Waals surface area contributed by atoms with E-state index in [2.05, 4.69) is 9.72 Å². The van der Waals surface area contributed by atoms with Gasteiger partial charge in [-0.2, -0.15) is 0 Å². The van der Waals surface area contributed by atoms with Crippen LogP contribution in [0.3, 0.4) is 0 Å². The number of halogens is 3. The highest BCUT2D eigenvalue weighted by molar-refractivity contribution is 6.31. The maximum atomic E-state index is 12.4. The first-order valence-corrected chi connectivity index (χ1v) is 4.01. The lowest BCUT2D eigenvalue weighted by molar-refractivity contribution is -0.386. The van der Waals surface area contributed by atoms with Crippen molar-refractivity contribution < 1.29 is 18.4 Å². The third-order valence-corrected chi connectivity index (χ3v) is 1.89. The molecule has 0 amide bonds. The van der Waals surface area contributed by atoms with Gasteiger partial charge in [0.1, 0.15) is 0 Å². The second-order valence-corrected chi connectivity index (χ2v) is 2.80. The molecule has 0 fully saturated rings. The van der Waals surface area contributed by atoms with Gasteiger partial charge in [-0.15, -0.1) is 0 Å². The first kappa shape index (κ1) is 11.6. The monoisotopic (exact) mass is 238 g/mol. The Morgan fingerprint density at radius 3 is 2.67 bits per heavy atom. The fraction of sp³-hybridized carbons (Fsp3) is 0.286. The van der Waals surface area contributed by atoms with Crippen LogP contribution in [-0.2, 0) is 0 Å². The van der Waals surface area contributed by atoms with E-state index in [-0.39, 0.29) is 0 Å². The Labute approximate surface area is 87.8 Å². The van der Waals surface area contributed by atoms with Crippen LogP contribution >= 0.6 is 11.6 Å². The van der Waals surface area contributed by atoms with E-state index in [1.54, 1.807) is 0 Å². The van der Waals surface area contributed by atoms with Crippen molar-refractivity contribution in [1.82, 2.24) is 4.98 Å². The molecule has 1 heterocycles. The Morgan fingerprint density at radius 2 is 2.27 bits per heavy atom. The van der Waals surface area contributed by atoms with Gasteiger partial charge in [-0.25, -0.2) is 13.8 Å². The van der Waals surface area contributed by atoms with Crippen LogP contribution in [0.4, 0.5) is 14.5 Å². The Morgan fingerprint density at radius 1 is 1.67 bits per heavy atom. The Hall–Kier alpha value is -1.50. The van der Waals surface area contributed by atoms with Crippen LogP contribution in [0.15, 0.2) is 6.20 Å². The molecule has 1 aromatic heterocycles. The molecule has 0 aliphatic carbocycles. The van der Waals surface area contributed by atoms with Crippen molar-refractivity contribution in [2.45, 2.75) is 6.43 Å². The number of methoxy groups -OCH3 is 1. The maximum absolute atomic E-state index is 12.4. The predicted molar refractivity (Wildman–Crippen MR) is 47.4 cm³/mol. The van der Waals surface area contributed by atoms with Gasteiger partial charge in [0.05, 0.1) is 17.6 Å². The lowest BCUT2D eigenvalue weighted by atomic mass is 10.2. The Bertz CT molecular complexity index is 400. The molecule has 8 heteroatoms. The van der Waals surface area contributed by atoms with Crippen molar-refractivity contribution in [3.05, 3.63) is 27.0 Å². The molecule has 0 spiro atoms. The van der Waals surface area contributed by atoms with Crippen molar-refractivity contribution in [1.29, 1.82) is 0 Å². The minimum atomic E-state index is -2.91. The minimum absolute atomic E-state index is 0.485. The predicted octanol–water partition coefficient (Wildman–Crippen LogP) is 2.59. The number of alkyl halides is 2. The quantitative estimate of drug-likeness (QED) is 0.461. The van der Waals surface area contributed by atoms with Crippen LogP contribution in [0.25, 0.3) is 0 Å². The summed E-state index contributed by atoms with van der Waals surface area (Å²) in [5.74, 6) is -0.560. The van der Waals surface area contributed by atoms with Crippen molar-refractivity contribution in [3.63, 3.8) is 0 Å². The van der Waals surface area contributed by atoms with Gasteiger partial charge in [-0.3, -0.25) is 10.1 Å². The van der Waals surface area contributed by atoms with E-state index in [0.29, 0.717) is 0 Å². The fourth-order valence-electron chi connectivity index (χ4n) is 1.00. The SMILES string of the molecule is COc1c(C(F)F)cnc(Cl)c1[N+](=O)[O-]. The van der Waals surface area contributed by atoms with Crippen molar-refractivity contribution in [2.75, 3.05) is 7.11 Å². The third-order valence-electron chi connectivity index (χ3n) is 1.61. The minimum Gasteiger partial charge on any atom is -0.490 e. The molecule has 0 atom stereocenters. The van der Waals surface area contributed by atoms with Crippen LogP contribution in [0.2, 0.25) is 5.15 Å². The number of nitro groups is 1. The highest BCUT2D eigenvalue weighted by Crippen LogP contribution is 2.39. The van der Waals surface area contributed by atoms with E-state index in [1.807, 2.05) is 0 Å². The van der Waals surface area contributed by atoms with E-state index < -0.39 is 33.5 Å². The highest BCUT2D eigenvalue weighted by atomic mass is 35.5.